The standard InChI is InChI=1S/C22H28Cl2N4O2/c23-21-15(9-19(11-27-21)29-13-17-5-7-25-17)3-1-2-4-16-10-20(12-28-22(16)24)30-14-18-6-8-26-18/h9-12,17-18,25-26H,1-8,13-14H2/t17-,18?/m0/s1. The van der Waals surface area contributed by atoms with Gasteiger partial charge in [-0.1, -0.05) is 23.2 Å². The van der Waals surface area contributed by atoms with Crippen molar-refractivity contribution in [2.24, 2.45) is 0 Å². The van der Waals surface area contributed by atoms with E-state index in [2.05, 4.69) is 20.6 Å². The van der Waals surface area contributed by atoms with Crippen LogP contribution in [-0.2, 0) is 12.8 Å². The number of aryl methyl sites for hydroxylation is 2. The molecule has 0 saturated carbocycles. The zero-order chi connectivity index (χ0) is 20.8. The van der Waals surface area contributed by atoms with Crippen LogP contribution in [-0.4, -0.2) is 48.4 Å². The highest BCUT2D eigenvalue weighted by molar-refractivity contribution is 6.30. The predicted octanol–water partition coefficient (Wildman–Crippen LogP) is 3.83. The third-order valence-electron chi connectivity index (χ3n) is 5.67. The van der Waals surface area contributed by atoms with Gasteiger partial charge in [0.05, 0.1) is 12.4 Å². The highest BCUT2D eigenvalue weighted by Gasteiger charge is 2.18. The Hall–Kier alpha value is -1.60. The molecule has 4 rings (SSSR count). The summed E-state index contributed by atoms with van der Waals surface area (Å²) in [5.41, 5.74) is 2.04. The van der Waals surface area contributed by atoms with Crippen LogP contribution in [0.2, 0.25) is 10.3 Å². The number of aromatic nitrogens is 2. The zero-order valence-corrected chi connectivity index (χ0v) is 18.5. The molecule has 2 aliphatic rings. The van der Waals surface area contributed by atoms with E-state index in [0.29, 0.717) is 35.6 Å². The molecule has 8 heteroatoms. The van der Waals surface area contributed by atoms with E-state index in [1.54, 1.807) is 12.4 Å². The van der Waals surface area contributed by atoms with Gasteiger partial charge in [-0.15, -0.1) is 0 Å². The Morgan fingerprint density at radius 3 is 1.60 bits per heavy atom. The average molecular weight is 451 g/mol. The summed E-state index contributed by atoms with van der Waals surface area (Å²) in [5, 5.41) is 7.75. The summed E-state index contributed by atoms with van der Waals surface area (Å²) in [5.74, 6) is 1.56. The van der Waals surface area contributed by atoms with Crippen LogP contribution < -0.4 is 20.1 Å². The van der Waals surface area contributed by atoms with Crippen molar-refractivity contribution in [2.45, 2.75) is 50.6 Å². The fourth-order valence-corrected chi connectivity index (χ4v) is 3.85. The second-order valence-electron chi connectivity index (χ2n) is 7.95. The molecule has 1 unspecified atom stereocenters. The number of halogens is 2. The van der Waals surface area contributed by atoms with Crippen molar-refractivity contribution in [3.63, 3.8) is 0 Å². The molecule has 2 aromatic rings. The van der Waals surface area contributed by atoms with Gasteiger partial charge in [-0.2, -0.15) is 0 Å². The smallest absolute Gasteiger partial charge is 0.138 e. The maximum atomic E-state index is 6.28. The Kier molecular flexibility index (Phi) is 7.66. The number of nitrogens with zero attached hydrogens (tertiary/aromatic N) is 2. The molecule has 0 spiro atoms. The van der Waals surface area contributed by atoms with Gasteiger partial charge in [0.2, 0.25) is 0 Å². The number of ether oxygens (including phenoxy) is 2. The lowest BCUT2D eigenvalue weighted by Gasteiger charge is -2.27. The van der Waals surface area contributed by atoms with Crippen molar-refractivity contribution in [1.82, 2.24) is 20.6 Å². The van der Waals surface area contributed by atoms with Crippen LogP contribution in [0.5, 0.6) is 11.5 Å². The first kappa shape index (κ1) is 21.6. The average Bonchev–Trinajstić information content (AvgIpc) is 2.67. The summed E-state index contributed by atoms with van der Waals surface area (Å²) in [6.07, 6.45) is 9.36. The molecule has 2 aliphatic heterocycles. The van der Waals surface area contributed by atoms with Gasteiger partial charge >= 0.3 is 0 Å². The number of pyridine rings is 2. The molecule has 30 heavy (non-hydrogen) atoms. The maximum Gasteiger partial charge on any atom is 0.138 e. The molecule has 0 amide bonds. The highest BCUT2D eigenvalue weighted by Crippen LogP contribution is 2.24. The summed E-state index contributed by atoms with van der Waals surface area (Å²) in [4.78, 5) is 8.55. The Morgan fingerprint density at radius 2 is 1.23 bits per heavy atom. The SMILES string of the molecule is Clc1ncc(OCC2CCN2)cc1CCCCc1cc(OC[C@@H]2CCN2)cnc1Cl. The van der Waals surface area contributed by atoms with Gasteiger partial charge in [-0.25, -0.2) is 9.97 Å². The summed E-state index contributed by atoms with van der Waals surface area (Å²) in [6, 6.07) is 4.91. The first-order valence-corrected chi connectivity index (χ1v) is 11.4. The van der Waals surface area contributed by atoms with E-state index in [-0.39, 0.29) is 0 Å². The summed E-state index contributed by atoms with van der Waals surface area (Å²) >= 11 is 12.6. The molecule has 0 radical (unpaired) electrons. The van der Waals surface area contributed by atoms with Gasteiger partial charge in [0.25, 0.3) is 0 Å². The van der Waals surface area contributed by atoms with Crippen LogP contribution in [0, 0.1) is 0 Å². The second-order valence-corrected chi connectivity index (χ2v) is 8.67. The van der Waals surface area contributed by atoms with Crippen molar-refractivity contribution < 1.29 is 9.47 Å². The summed E-state index contributed by atoms with van der Waals surface area (Å²) in [7, 11) is 0. The van der Waals surface area contributed by atoms with E-state index in [1.807, 2.05) is 12.1 Å². The lowest BCUT2D eigenvalue weighted by atomic mass is 10.1. The quantitative estimate of drug-likeness (QED) is 0.400. The number of hydrogen-bond acceptors (Lipinski definition) is 6. The van der Waals surface area contributed by atoms with Crippen molar-refractivity contribution in [3.8, 4) is 11.5 Å². The van der Waals surface area contributed by atoms with Gasteiger partial charge < -0.3 is 20.1 Å². The Labute approximate surface area is 187 Å². The molecule has 4 heterocycles. The molecule has 162 valence electrons. The third-order valence-corrected chi connectivity index (χ3v) is 6.35. The lowest BCUT2D eigenvalue weighted by Crippen LogP contribution is -2.46. The normalized spacial score (nSPS) is 20.3. The van der Waals surface area contributed by atoms with Crippen molar-refractivity contribution >= 4 is 23.2 Å². The topological polar surface area (TPSA) is 68.3 Å². The predicted molar refractivity (Wildman–Crippen MR) is 119 cm³/mol. The minimum Gasteiger partial charge on any atom is -0.490 e. The minimum atomic E-state index is 0.451. The molecule has 2 aromatic heterocycles. The molecule has 0 aliphatic carbocycles. The molecule has 2 atom stereocenters. The van der Waals surface area contributed by atoms with E-state index >= 15 is 0 Å². The van der Waals surface area contributed by atoms with E-state index in [4.69, 9.17) is 32.7 Å². The molecule has 2 saturated heterocycles. The fraction of sp³-hybridized carbons (Fsp3) is 0.545. The highest BCUT2D eigenvalue weighted by atomic mass is 35.5. The number of nitrogens with one attached hydrogen (secondary N) is 2. The maximum absolute atomic E-state index is 6.28. The monoisotopic (exact) mass is 450 g/mol. The van der Waals surface area contributed by atoms with Gasteiger partial charge in [-0.05, 0) is 74.9 Å². The Bertz CT molecular complexity index is 774. The van der Waals surface area contributed by atoms with Gasteiger partial charge in [-0.3, -0.25) is 0 Å². The lowest BCUT2D eigenvalue weighted by molar-refractivity contribution is 0.216. The molecule has 6 nitrogen and oxygen atoms in total. The minimum absolute atomic E-state index is 0.451. The number of hydrogen-bond donors (Lipinski definition) is 2. The first-order chi connectivity index (χ1) is 14.7. The largest absolute Gasteiger partial charge is 0.490 e. The van der Waals surface area contributed by atoms with E-state index in [0.717, 1.165) is 74.2 Å². The number of unbranched alkanes of at least 4 members (excludes halogenated alkanes) is 1. The molecular weight excluding hydrogens is 423 g/mol. The van der Waals surface area contributed by atoms with Gasteiger partial charge in [0, 0.05) is 12.1 Å². The van der Waals surface area contributed by atoms with Crippen LogP contribution >= 0.6 is 23.2 Å². The van der Waals surface area contributed by atoms with Crippen molar-refractivity contribution in [2.75, 3.05) is 26.3 Å². The van der Waals surface area contributed by atoms with E-state index < -0.39 is 0 Å². The second kappa shape index (κ2) is 10.6. The Balaban J connectivity index is 1.24. The molecule has 0 bridgehead atoms. The molecule has 2 fully saturated rings. The van der Waals surface area contributed by atoms with E-state index in [1.165, 1.54) is 0 Å². The summed E-state index contributed by atoms with van der Waals surface area (Å²) < 4.78 is 11.7. The molecule has 2 N–H and O–H groups in total. The van der Waals surface area contributed by atoms with Gasteiger partial charge in [0.15, 0.2) is 0 Å². The van der Waals surface area contributed by atoms with Crippen LogP contribution in [0.15, 0.2) is 24.5 Å². The zero-order valence-electron chi connectivity index (χ0n) is 17.0. The molecular formula is C22H28Cl2N4O2. The van der Waals surface area contributed by atoms with Crippen molar-refractivity contribution in [3.05, 3.63) is 46.0 Å². The number of rotatable bonds is 11. The van der Waals surface area contributed by atoms with Crippen LogP contribution in [0.3, 0.4) is 0 Å². The van der Waals surface area contributed by atoms with Gasteiger partial charge in [0.1, 0.15) is 35.0 Å². The Morgan fingerprint density at radius 1 is 0.800 bits per heavy atom. The summed E-state index contributed by atoms with van der Waals surface area (Å²) in [6.45, 7) is 3.49. The third kappa shape index (κ3) is 5.97. The van der Waals surface area contributed by atoms with Crippen LogP contribution in [0.25, 0.3) is 0 Å². The van der Waals surface area contributed by atoms with Crippen LogP contribution in [0.4, 0.5) is 0 Å². The van der Waals surface area contributed by atoms with Crippen molar-refractivity contribution in [1.29, 1.82) is 0 Å². The fourth-order valence-electron chi connectivity index (χ4n) is 3.46. The first-order valence-electron chi connectivity index (χ1n) is 10.7. The van der Waals surface area contributed by atoms with E-state index in [9.17, 15) is 0 Å². The molecule has 0 aromatic carbocycles. The van der Waals surface area contributed by atoms with Crippen LogP contribution in [0.1, 0.15) is 36.8 Å².